The number of rotatable bonds is 9. The molecule has 2 aromatic heterocycles. The van der Waals surface area contributed by atoms with Crippen LogP contribution in [0.3, 0.4) is 0 Å². The number of hydrogen-bond acceptors (Lipinski definition) is 7. The van der Waals surface area contributed by atoms with Gasteiger partial charge in [-0.1, -0.05) is 54.6 Å². The summed E-state index contributed by atoms with van der Waals surface area (Å²) in [6.07, 6.45) is 2.54. The number of benzene rings is 3. The molecule has 0 aliphatic rings. The van der Waals surface area contributed by atoms with E-state index in [1.807, 2.05) is 24.3 Å². The van der Waals surface area contributed by atoms with E-state index in [1.165, 1.54) is 16.7 Å². The number of amides is 1. The van der Waals surface area contributed by atoms with Crippen molar-refractivity contribution in [3.05, 3.63) is 106 Å². The summed E-state index contributed by atoms with van der Waals surface area (Å²) in [6.45, 7) is 0.303. The van der Waals surface area contributed by atoms with Gasteiger partial charge in [-0.2, -0.15) is 5.06 Å². The summed E-state index contributed by atoms with van der Waals surface area (Å²) in [5.41, 5.74) is 1.91. The molecule has 5 aromatic rings. The SMILES string of the molecule is O=C(c1ccccc1)N(OCCCCc1ccccc1)c1cccc2c(=O)cc(-c3nnn[nH]3)oc12. The number of tetrazole rings is 1. The molecule has 180 valence electrons. The van der Waals surface area contributed by atoms with Gasteiger partial charge in [0, 0.05) is 11.6 Å². The van der Waals surface area contributed by atoms with Crippen LogP contribution in [0.5, 0.6) is 0 Å². The number of fused-ring (bicyclic) bond motifs is 1. The first-order valence-corrected chi connectivity index (χ1v) is 11.6. The smallest absolute Gasteiger partial charge is 0.282 e. The van der Waals surface area contributed by atoms with Gasteiger partial charge in [0.15, 0.2) is 16.8 Å². The second-order valence-corrected chi connectivity index (χ2v) is 8.12. The Morgan fingerprint density at radius 3 is 2.47 bits per heavy atom. The Hall–Kier alpha value is -4.63. The second kappa shape index (κ2) is 10.7. The van der Waals surface area contributed by atoms with Gasteiger partial charge < -0.3 is 4.42 Å². The summed E-state index contributed by atoms with van der Waals surface area (Å²) in [7, 11) is 0. The third-order valence-corrected chi connectivity index (χ3v) is 5.66. The molecule has 9 nitrogen and oxygen atoms in total. The highest BCUT2D eigenvalue weighted by Crippen LogP contribution is 2.29. The first kappa shape index (κ1) is 23.1. The Balaban J connectivity index is 1.46. The van der Waals surface area contributed by atoms with Crippen LogP contribution in [-0.4, -0.2) is 33.1 Å². The largest absolute Gasteiger partial charge is 0.450 e. The van der Waals surface area contributed by atoms with E-state index >= 15 is 0 Å². The minimum Gasteiger partial charge on any atom is -0.450 e. The first-order valence-electron chi connectivity index (χ1n) is 11.6. The van der Waals surface area contributed by atoms with Crippen LogP contribution in [0.15, 0.2) is 94.1 Å². The molecule has 1 N–H and O–H groups in total. The highest BCUT2D eigenvalue weighted by Gasteiger charge is 2.23. The number of carbonyl (C=O) groups is 1. The van der Waals surface area contributed by atoms with Gasteiger partial charge in [-0.25, -0.2) is 5.10 Å². The van der Waals surface area contributed by atoms with Crippen LogP contribution in [0, 0.1) is 0 Å². The molecule has 1 amide bonds. The van der Waals surface area contributed by atoms with Crippen LogP contribution in [0.4, 0.5) is 5.69 Å². The summed E-state index contributed by atoms with van der Waals surface area (Å²) in [5.74, 6) is -0.0213. The Kier molecular flexibility index (Phi) is 6.90. The van der Waals surface area contributed by atoms with Gasteiger partial charge in [0.1, 0.15) is 5.69 Å². The molecule has 0 unspecified atom stereocenters. The molecule has 0 radical (unpaired) electrons. The molecule has 3 aromatic carbocycles. The van der Waals surface area contributed by atoms with E-state index in [4.69, 9.17) is 9.25 Å². The summed E-state index contributed by atoms with van der Waals surface area (Å²) < 4.78 is 6.02. The van der Waals surface area contributed by atoms with Crippen molar-refractivity contribution in [2.75, 3.05) is 11.7 Å². The van der Waals surface area contributed by atoms with Crippen molar-refractivity contribution >= 4 is 22.6 Å². The lowest BCUT2D eigenvalue weighted by molar-refractivity contribution is 0.0638. The predicted octanol–water partition coefficient (Wildman–Crippen LogP) is 4.57. The monoisotopic (exact) mass is 481 g/mol. The van der Waals surface area contributed by atoms with Crippen molar-refractivity contribution in [3.8, 4) is 11.6 Å². The van der Waals surface area contributed by atoms with Crippen molar-refractivity contribution in [2.45, 2.75) is 19.3 Å². The number of aromatic nitrogens is 4. The van der Waals surface area contributed by atoms with Gasteiger partial charge in [-0.05, 0) is 59.5 Å². The van der Waals surface area contributed by atoms with Crippen molar-refractivity contribution in [3.63, 3.8) is 0 Å². The van der Waals surface area contributed by atoms with Crippen LogP contribution in [-0.2, 0) is 11.3 Å². The number of unbranched alkanes of at least 4 members (excludes halogenated alkanes) is 1. The molecule has 0 saturated heterocycles. The van der Waals surface area contributed by atoms with Gasteiger partial charge in [0.2, 0.25) is 5.82 Å². The molecule has 36 heavy (non-hydrogen) atoms. The summed E-state index contributed by atoms with van der Waals surface area (Å²) >= 11 is 0. The van der Waals surface area contributed by atoms with Crippen molar-refractivity contribution in [1.29, 1.82) is 0 Å². The summed E-state index contributed by atoms with van der Waals surface area (Å²) in [4.78, 5) is 32.4. The molecule has 0 bridgehead atoms. The highest BCUT2D eigenvalue weighted by atomic mass is 16.7. The fourth-order valence-electron chi connectivity index (χ4n) is 3.87. The highest BCUT2D eigenvalue weighted by molar-refractivity contribution is 6.08. The van der Waals surface area contributed by atoms with Crippen LogP contribution in [0.2, 0.25) is 0 Å². The third-order valence-electron chi connectivity index (χ3n) is 5.66. The number of carbonyl (C=O) groups excluding carboxylic acids is 1. The van der Waals surface area contributed by atoms with Crippen LogP contribution >= 0.6 is 0 Å². The molecule has 5 rings (SSSR count). The number of anilines is 1. The van der Waals surface area contributed by atoms with E-state index in [-0.39, 0.29) is 28.5 Å². The van der Waals surface area contributed by atoms with Gasteiger partial charge in [0.25, 0.3) is 5.91 Å². The van der Waals surface area contributed by atoms with Crippen molar-refractivity contribution in [1.82, 2.24) is 20.6 Å². The number of para-hydroxylation sites is 1. The molecule has 0 aliphatic carbocycles. The predicted molar refractivity (Wildman–Crippen MR) is 134 cm³/mol. The number of nitrogens with zero attached hydrogens (tertiary/aromatic N) is 4. The maximum atomic E-state index is 13.5. The zero-order valence-electron chi connectivity index (χ0n) is 19.3. The number of nitrogens with one attached hydrogen (secondary N) is 1. The summed E-state index contributed by atoms with van der Waals surface area (Å²) in [5, 5.41) is 15.0. The van der Waals surface area contributed by atoms with Crippen LogP contribution in [0.1, 0.15) is 28.8 Å². The zero-order chi connectivity index (χ0) is 24.7. The fourth-order valence-corrected chi connectivity index (χ4v) is 3.87. The van der Waals surface area contributed by atoms with Gasteiger partial charge in [-0.15, -0.1) is 5.10 Å². The van der Waals surface area contributed by atoms with E-state index in [0.717, 1.165) is 19.3 Å². The van der Waals surface area contributed by atoms with E-state index in [9.17, 15) is 9.59 Å². The summed E-state index contributed by atoms with van der Waals surface area (Å²) in [6, 6.07) is 25.3. The Morgan fingerprint density at radius 1 is 0.944 bits per heavy atom. The lowest BCUT2D eigenvalue weighted by Crippen LogP contribution is -2.32. The molecule has 0 aliphatic heterocycles. The molecular formula is C27H23N5O4. The fraction of sp³-hybridized carbons (Fsp3) is 0.148. The Morgan fingerprint density at radius 2 is 1.72 bits per heavy atom. The van der Waals surface area contributed by atoms with E-state index in [2.05, 4.69) is 32.8 Å². The van der Waals surface area contributed by atoms with Gasteiger partial charge in [0.05, 0.1) is 12.0 Å². The van der Waals surface area contributed by atoms with Crippen molar-refractivity contribution in [2.24, 2.45) is 0 Å². The number of hydroxylamine groups is 1. The van der Waals surface area contributed by atoms with E-state index in [0.29, 0.717) is 23.2 Å². The van der Waals surface area contributed by atoms with E-state index in [1.54, 1.807) is 42.5 Å². The average molecular weight is 482 g/mol. The number of H-pyrrole nitrogens is 1. The number of hydrogen-bond donors (Lipinski definition) is 1. The van der Waals surface area contributed by atoms with Crippen molar-refractivity contribution < 1.29 is 14.0 Å². The second-order valence-electron chi connectivity index (χ2n) is 8.12. The zero-order valence-corrected chi connectivity index (χ0v) is 19.3. The molecule has 0 saturated carbocycles. The Bertz CT molecular complexity index is 1500. The normalized spacial score (nSPS) is 11.0. The Labute approximate surface area is 206 Å². The average Bonchev–Trinajstić information content (AvgIpc) is 3.47. The quantitative estimate of drug-likeness (QED) is 0.242. The molecule has 0 atom stereocenters. The lowest BCUT2D eigenvalue weighted by Gasteiger charge is -2.23. The standard InChI is InChI=1S/C27H23N5O4/c33-23-18-24(26-28-30-31-29-26)36-25-21(23)15-9-16-22(25)32(27(34)20-13-5-2-6-14-20)35-17-8-7-12-19-10-3-1-4-11-19/h1-6,9-11,13-16,18H,7-8,12,17H2,(H,28,29,30,31). The number of aryl methyl sites for hydroxylation is 1. The molecule has 9 heteroatoms. The molecular weight excluding hydrogens is 458 g/mol. The molecule has 2 heterocycles. The minimum atomic E-state index is -0.374. The molecule has 0 fully saturated rings. The van der Waals surface area contributed by atoms with Crippen LogP contribution < -0.4 is 10.5 Å². The van der Waals surface area contributed by atoms with Gasteiger partial charge in [-0.3, -0.25) is 14.4 Å². The topological polar surface area (TPSA) is 114 Å². The lowest BCUT2D eigenvalue weighted by atomic mass is 10.1. The van der Waals surface area contributed by atoms with E-state index < -0.39 is 0 Å². The van der Waals surface area contributed by atoms with Gasteiger partial charge >= 0.3 is 0 Å². The molecule has 0 spiro atoms. The first-order chi connectivity index (χ1) is 17.7. The number of aromatic amines is 1. The maximum Gasteiger partial charge on any atom is 0.282 e. The maximum absolute atomic E-state index is 13.5. The third kappa shape index (κ3) is 5.06. The van der Waals surface area contributed by atoms with Crippen LogP contribution in [0.25, 0.3) is 22.6 Å². The minimum absolute atomic E-state index is 0.153.